The molecule has 0 aliphatic carbocycles. The molecule has 0 spiro atoms. The lowest BCUT2D eigenvalue weighted by molar-refractivity contribution is -0.130. The summed E-state index contributed by atoms with van der Waals surface area (Å²) in [5.74, 6) is -0.251. The van der Waals surface area contributed by atoms with E-state index in [2.05, 4.69) is 15.4 Å². The summed E-state index contributed by atoms with van der Waals surface area (Å²) in [5.41, 5.74) is 0.980. The molecule has 2 heterocycles. The molecule has 0 bridgehead atoms. The average molecular weight is 343 g/mol. The molecule has 1 aromatic heterocycles. The second-order valence-electron chi connectivity index (χ2n) is 5.82. The van der Waals surface area contributed by atoms with Gasteiger partial charge in [-0.2, -0.15) is 5.10 Å². The number of carbonyl (C=O) groups is 2. The first kappa shape index (κ1) is 16.8. The molecule has 1 aromatic carbocycles. The Kier molecular flexibility index (Phi) is 4.60. The minimum Gasteiger partial charge on any atom is -0.337 e. The number of hydrogen-bond donors (Lipinski definition) is 1. The van der Waals surface area contributed by atoms with E-state index in [-0.39, 0.29) is 36.2 Å². The topological polar surface area (TPSA) is 79.6 Å². The van der Waals surface area contributed by atoms with Crippen LogP contribution in [-0.4, -0.2) is 39.1 Å². The molecular weight excluding hydrogens is 325 g/mol. The standard InChI is InChI=1S/C17H18FN5O2/c1-22-10-9-19-16(22)15(11-3-5-12(18)6-4-11)20-17(25)13-7-8-14(24)23(2)21-13/h3-6,9-10,15H,7-8H2,1-2H3,(H,20,25). The summed E-state index contributed by atoms with van der Waals surface area (Å²) in [6.07, 6.45) is 3.92. The highest BCUT2D eigenvalue weighted by Gasteiger charge is 2.26. The van der Waals surface area contributed by atoms with Crippen molar-refractivity contribution in [3.63, 3.8) is 0 Å². The van der Waals surface area contributed by atoms with Crippen molar-refractivity contribution < 1.29 is 14.0 Å². The van der Waals surface area contributed by atoms with E-state index in [9.17, 15) is 14.0 Å². The maximum Gasteiger partial charge on any atom is 0.268 e. The van der Waals surface area contributed by atoms with E-state index in [1.165, 1.54) is 24.2 Å². The number of nitrogens with one attached hydrogen (secondary N) is 1. The lowest BCUT2D eigenvalue weighted by atomic mass is 10.0. The van der Waals surface area contributed by atoms with Gasteiger partial charge in [0.2, 0.25) is 5.91 Å². The van der Waals surface area contributed by atoms with Gasteiger partial charge in [-0.25, -0.2) is 14.4 Å². The van der Waals surface area contributed by atoms with Crippen molar-refractivity contribution in [1.29, 1.82) is 0 Å². The highest BCUT2D eigenvalue weighted by Crippen LogP contribution is 2.21. The van der Waals surface area contributed by atoms with Crippen molar-refractivity contribution in [2.75, 3.05) is 7.05 Å². The quantitative estimate of drug-likeness (QED) is 0.911. The third-order valence-corrected chi connectivity index (χ3v) is 4.06. The maximum atomic E-state index is 13.2. The first-order chi connectivity index (χ1) is 12.0. The van der Waals surface area contributed by atoms with E-state index in [1.54, 1.807) is 29.1 Å². The zero-order chi connectivity index (χ0) is 18.0. The number of carbonyl (C=O) groups excluding carboxylic acids is 2. The Morgan fingerprint density at radius 2 is 1.96 bits per heavy atom. The van der Waals surface area contributed by atoms with Gasteiger partial charge < -0.3 is 9.88 Å². The van der Waals surface area contributed by atoms with E-state index in [4.69, 9.17) is 0 Å². The molecule has 2 aromatic rings. The normalized spacial score (nSPS) is 15.7. The lowest BCUT2D eigenvalue weighted by Gasteiger charge is -2.22. The van der Waals surface area contributed by atoms with E-state index in [0.29, 0.717) is 11.4 Å². The van der Waals surface area contributed by atoms with Crippen molar-refractivity contribution >= 4 is 17.5 Å². The molecule has 8 heteroatoms. The summed E-state index contributed by atoms with van der Waals surface area (Å²) in [6.45, 7) is 0. The van der Waals surface area contributed by atoms with Crippen molar-refractivity contribution in [1.82, 2.24) is 19.9 Å². The Morgan fingerprint density at radius 1 is 1.24 bits per heavy atom. The number of aromatic nitrogens is 2. The molecule has 0 saturated carbocycles. The van der Waals surface area contributed by atoms with Gasteiger partial charge in [-0.3, -0.25) is 9.59 Å². The van der Waals surface area contributed by atoms with Crippen molar-refractivity contribution in [3.8, 4) is 0 Å². The van der Waals surface area contributed by atoms with Gasteiger partial charge in [0.15, 0.2) is 0 Å². The minimum atomic E-state index is -0.557. The zero-order valence-corrected chi connectivity index (χ0v) is 13.9. The highest BCUT2D eigenvalue weighted by molar-refractivity contribution is 6.39. The molecule has 25 heavy (non-hydrogen) atoms. The van der Waals surface area contributed by atoms with E-state index in [0.717, 1.165) is 0 Å². The Hall–Kier alpha value is -3.03. The molecule has 1 unspecified atom stereocenters. The third-order valence-electron chi connectivity index (χ3n) is 4.06. The number of hydrazone groups is 1. The fraction of sp³-hybridized carbons (Fsp3) is 0.294. The number of hydrogen-bond acceptors (Lipinski definition) is 4. The van der Waals surface area contributed by atoms with Gasteiger partial charge in [0.25, 0.3) is 5.91 Å². The predicted octanol–water partition coefficient (Wildman–Crippen LogP) is 1.37. The molecule has 1 aliphatic heterocycles. The molecular formula is C17H18FN5O2. The van der Waals surface area contributed by atoms with Crippen LogP contribution in [0.3, 0.4) is 0 Å². The van der Waals surface area contributed by atoms with Crippen LogP contribution < -0.4 is 5.32 Å². The number of halogens is 1. The molecule has 2 amide bonds. The number of imidazole rings is 1. The van der Waals surface area contributed by atoms with Crippen LogP contribution in [-0.2, 0) is 16.6 Å². The highest BCUT2D eigenvalue weighted by atomic mass is 19.1. The van der Waals surface area contributed by atoms with Crippen molar-refractivity contribution in [2.24, 2.45) is 12.1 Å². The van der Waals surface area contributed by atoms with Crippen molar-refractivity contribution in [3.05, 3.63) is 53.9 Å². The number of aryl methyl sites for hydroxylation is 1. The molecule has 130 valence electrons. The van der Waals surface area contributed by atoms with Crippen LogP contribution in [0.4, 0.5) is 4.39 Å². The molecule has 1 N–H and O–H groups in total. The molecule has 7 nitrogen and oxygen atoms in total. The summed E-state index contributed by atoms with van der Waals surface area (Å²) < 4.78 is 15.0. The van der Waals surface area contributed by atoms with Gasteiger partial charge in [0.05, 0.1) is 0 Å². The molecule has 1 atom stereocenters. The molecule has 1 aliphatic rings. The largest absolute Gasteiger partial charge is 0.337 e. The van der Waals surface area contributed by atoms with E-state index in [1.807, 2.05) is 7.05 Å². The second kappa shape index (κ2) is 6.84. The monoisotopic (exact) mass is 343 g/mol. The predicted molar refractivity (Wildman–Crippen MR) is 89.0 cm³/mol. The van der Waals surface area contributed by atoms with Gasteiger partial charge in [-0.1, -0.05) is 12.1 Å². The van der Waals surface area contributed by atoms with Gasteiger partial charge in [-0.05, 0) is 17.7 Å². The van der Waals surface area contributed by atoms with Crippen LogP contribution in [0.25, 0.3) is 0 Å². The Labute approximate surface area is 144 Å². The molecule has 3 rings (SSSR count). The summed E-state index contributed by atoms with van der Waals surface area (Å²) >= 11 is 0. The van der Waals surface area contributed by atoms with Crippen LogP contribution >= 0.6 is 0 Å². The Balaban J connectivity index is 1.89. The summed E-state index contributed by atoms with van der Waals surface area (Å²) in [6, 6.07) is 5.32. The van der Waals surface area contributed by atoms with E-state index >= 15 is 0 Å². The fourth-order valence-corrected chi connectivity index (χ4v) is 2.65. The van der Waals surface area contributed by atoms with Gasteiger partial charge in [0, 0.05) is 39.3 Å². The smallest absolute Gasteiger partial charge is 0.268 e. The summed E-state index contributed by atoms with van der Waals surface area (Å²) in [4.78, 5) is 28.4. The zero-order valence-electron chi connectivity index (χ0n) is 13.9. The lowest BCUT2D eigenvalue weighted by Crippen LogP contribution is -2.40. The van der Waals surface area contributed by atoms with Crippen LogP contribution in [0.5, 0.6) is 0 Å². The first-order valence-electron chi connectivity index (χ1n) is 7.83. The maximum absolute atomic E-state index is 13.2. The van der Waals surface area contributed by atoms with Crippen LogP contribution in [0.15, 0.2) is 41.8 Å². The second-order valence-corrected chi connectivity index (χ2v) is 5.82. The van der Waals surface area contributed by atoms with E-state index < -0.39 is 6.04 Å². The minimum absolute atomic E-state index is 0.129. The Morgan fingerprint density at radius 3 is 2.56 bits per heavy atom. The van der Waals surface area contributed by atoms with Gasteiger partial charge in [0.1, 0.15) is 23.4 Å². The number of amides is 2. The average Bonchev–Trinajstić information content (AvgIpc) is 3.01. The van der Waals surface area contributed by atoms with Crippen LogP contribution in [0.1, 0.15) is 30.3 Å². The fourth-order valence-electron chi connectivity index (χ4n) is 2.65. The van der Waals surface area contributed by atoms with Crippen molar-refractivity contribution in [2.45, 2.75) is 18.9 Å². The molecule has 0 saturated heterocycles. The first-order valence-corrected chi connectivity index (χ1v) is 7.83. The van der Waals surface area contributed by atoms with Crippen LogP contribution in [0, 0.1) is 5.82 Å². The van der Waals surface area contributed by atoms with Crippen LogP contribution in [0.2, 0.25) is 0 Å². The SMILES string of the molecule is CN1N=C(C(=O)NC(c2ccc(F)cc2)c2nccn2C)CCC1=O. The molecule has 0 radical (unpaired) electrons. The molecule has 0 fully saturated rings. The Bertz CT molecular complexity index is 828. The van der Waals surface area contributed by atoms with Gasteiger partial charge in [-0.15, -0.1) is 0 Å². The number of nitrogens with zero attached hydrogens (tertiary/aromatic N) is 4. The summed E-state index contributed by atoms with van der Waals surface area (Å²) in [7, 11) is 3.33. The van der Waals surface area contributed by atoms with Gasteiger partial charge >= 0.3 is 0 Å². The summed E-state index contributed by atoms with van der Waals surface area (Å²) in [5, 5.41) is 8.09. The third kappa shape index (κ3) is 3.57. The number of benzene rings is 1. The number of rotatable bonds is 4.